The maximum Gasteiger partial charge on any atom is 0.278 e. The molecule has 0 N–H and O–H groups in total. The summed E-state index contributed by atoms with van der Waals surface area (Å²) in [6, 6.07) is 3.38. The molecule has 2 heterocycles. The molecule has 0 aliphatic heterocycles. The zero-order chi connectivity index (χ0) is 14.9. The van der Waals surface area contributed by atoms with Gasteiger partial charge in [0.1, 0.15) is 0 Å². The SMILES string of the molecule is Cc1cnc(Cn2cccc(Br)c2=O)c(C)c1[N+](=O)[O-]. The summed E-state index contributed by atoms with van der Waals surface area (Å²) >= 11 is 3.17. The molecule has 0 spiro atoms. The molecule has 0 aliphatic rings. The van der Waals surface area contributed by atoms with Crippen molar-refractivity contribution in [2.75, 3.05) is 0 Å². The Morgan fingerprint density at radius 2 is 2.15 bits per heavy atom. The topological polar surface area (TPSA) is 78.0 Å². The van der Waals surface area contributed by atoms with E-state index >= 15 is 0 Å². The fourth-order valence-corrected chi connectivity index (χ4v) is 2.38. The molecule has 0 aromatic carbocycles. The molecule has 20 heavy (non-hydrogen) atoms. The van der Waals surface area contributed by atoms with Crippen LogP contribution in [0.2, 0.25) is 0 Å². The summed E-state index contributed by atoms with van der Waals surface area (Å²) < 4.78 is 1.90. The number of aryl methyl sites for hydroxylation is 1. The minimum Gasteiger partial charge on any atom is -0.309 e. The van der Waals surface area contributed by atoms with Crippen LogP contribution in [0.4, 0.5) is 5.69 Å². The van der Waals surface area contributed by atoms with Gasteiger partial charge in [0, 0.05) is 18.0 Å². The van der Waals surface area contributed by atoms with Gasteiger partial charge < -0.3 is 4.57 Å². The van der Waals surface area contributed by atoms with Crippen LogP contribution in [0.15, 0.2) is 33.8 Å². The summed E-state index contributed by atoms with van der Waals surface area (Å²) in [6.07, 6.45) is 3.09. The third-order valence-corrected chi connectivity index (χ3v) is 3.66. The third-order valence-electron chi connectivity index (χ3n) is 3.05. The predicted molar refractivity (Wildman–Crippen MR) is 77.9 cm³/mol. The molecule has 7 heteroatoms. The molecule has 104 valence electrons. The first kappa shape index (κ1) is 14.4. The molecule has 0 radical (unpaired) electrons. The van der Waals surface area contributed by atoms with Crippen LogP contribution in [0.25, 0.3) is 0 Å². The highest BCUT2D eigenvalue weighted by atomic mass is 79.9. The second kappa shape index (κ2) is 5.54. The average molecular weight is 338 g/mol. The van der Waals surface area contributed by atoms with Crippen molar-refractivity contribution in [3.05, 3.63) is 66.3 Å². The third kappa shape index (κ3) is 2.62. The van der Waals surface area contributed by atoms with Crippen molar-refractivity contribution in [1.82, 2.24) is 9.55 Å². The van der Waals surface area contributed by atoms with Gasteiger partial charge in [-0.05, 0) is 41.9 Å². The molecule has 0 atom stereocenters. The van der Waals surface area contributed by atoms with Gasteiger partial charge in [-0.15, -0.1) is 0 Å². The zero-order valence-electron chi connectivity index (χ0n) is 11.0. The highest BCUT2D eigenvalue weighted by molar-refractivity contribution is 9.10. The quantitative estimate of drug-likeness (QED) is 0.637. The van der Waals surface area contributed by atoms with Gasteiger partial charge in [0.2, 0.25) is 0 Å². The van der Waals surface area contributed by atoms with E-state index in [0.717, 1.165) is 0 Å². The molecule has 6 nitrogen and oxygen atoms in total. The smallest absolute Gasteiger partial charge is 0.278 e. The average Bonchev–Trinajstić information content (AvgIpc) is 2.37. The van der Waals surface area contributed by atoms with Crippen LogP contribution in [-0.4, -0.2) is 14.5 Å². The van der Waals surface area contributed by atoms with Crippen molar-refractivity contribution in [1.29, 1.82) is 0 Å². The standard InChI is InChI=1S/C13H12BrN3O3/c1-8-6-15-11(9(2)12(8)17(19)20)7-16-5-3-4-10(14)13(16)18/h3-6H,7H2,1-2H3. The number of aromatic nitrogens is 2. The lowest BCUT2D eigenvalue weighted by Gasteiger charge is -2.09. The van der Waals surface area contributed by atoms with E-state index in [1.54, 1.807) is 32.2 Å². The van der Waals surface area contributed by atoms with Crippen molar-refractivity contribution in [2.24, 2.45) is 0 Å². The van der Waals surface area contributed by atoms with Gasteiger partial charge in [0.05, 0.1) is 27.2 Å². The molecule has 0 bridgehead atoms. The Balaban J connectivity index is 2.50. The van der Waals surface area contributed by atoms with E-state index in [9.17, 15) is 14.9 Å². The van der Waals surface area contributed by atoms with Crippen molar-refractivity contribution >= 4 is 21.6 Å². The molecule has 0 saturated heterocycles. The van der Waals surface area contributed by atoms with E-state index in [-0.39, 0.29) is 17.8 Å². The Hall–Kier alpha value is -2.02. The van der Waals surface area contributed by atoms with Gasteiger partial charge in [-0.3, -0.25) is 19.9 Å². The highest BCUT2D eigenvalue weighted by Crippen LogP contribution is 2.24. The molecule has 0 fully saturated rings. The Kier molecular flexibility index (Phi) is 3.99. The maximum absolute atomic E-state index is 11.9. The van der Waals surface area contributed by atoms with Crippen LogP contribution < -0.4 is 5.56 Å². The van der Waals surface area contributed by atoms with Crippen molar-refractivity contribution in [3.63, 3.8) is 0 Å². The lowest BCUT2D eigenvalue weighted by molar-refractivity contribution is -0.386. The summed E-state index contributed by atoms with van der Waals surface area (Å²) in [4.78, 5) is 26.8. The monoisotopic (exact) mass is 337 g/mol. The zero-order valence-corrected chi connectivity index (χ0v) is 12.5. The van der Waals surface area contributed by atoms with Crippen LogP contribution in [0.5, 0.6) is 0 Å². The number of pyridine rings is 2. The molecule has 0 unspecified atom stereocenters. The van der Waals surface area contributed by atoms with E-state index in [4.69, 9.17) is 0 Å². The number of nitrogens with zero attached hydrogens (tertiary/aromatic N) is 3. The van der Waals surface area contributed by atoms with Gasteiger partial charge in [0.25, 0.3) is 11.2 Å². The summed E-state index contributed by atoms with van der Waals surface area (Å²) in [5.74, 6) is 0. The molecule has 2 aromatic rings. The van der Waals surface area contributed by atoms with E-state index in [1.807, 2.05) is 0 Å². The summed E-state index contributed by atoms with van der Waals surface area (Å²) in [7, 11) is 0. The summed E-state index contributed by atoms with van der Waals surface area (Å²) in [5.41, 5.74) is 1.37. The fraction of sp³-hybridized carbons (Fsp3) is 0.231. The molecule has 0 aliphatic carbocycles. The van der Waals surface area contributed by atoms with Gasteiger partial charge in [-0.25, -0.2) is 0 Å². The molecular formula is C13H12BrN3O3. The second-order valence-corrected chi connectivity index (χ2v) is 5.26. The van der Waals surface area contributed by atoms with Crippen molar-refractivity contribution in [2.45, 2.75) is 20.4 Å². The van der Waals surface area contributed by atoms with E-state index in [1.165, 1.54) is 10.8 Å². The van der Waals surface area contributed by atoms with Gasteiger partial charge in [0.15, 0.2) is 0 Å². The van der Waals surface area contributed by atoms with Crippen molar-refractivity contribution < 1.29 is 4.92 Å². The van der Waals surface area contributed by atoms with Crippen LogP contribution in [0.3, 0.4) is 0 Å². The predicted octanol–water partition coefficient (Wildman–Crippen LogP) is 2.58. The number of hydrogen-bond donors (Lipinski definition) is 0. The van der Waals surface area contributed by atoms with E-state index in [0.29, 0.717) is 21.3 Å². The first-order valence-electron chi connectivity index (χ1n) is 5.86. The first-order valence-corrected chi connectivity index (χ1v) is 6.65. The molecule has 2 rings (SSSR count). The van der Waals surface area contributed by atoms with Crippen molar-refractivity contribution in [3.8, 4) is 0 Å². The van der Waals surface area contributed by atoms with E-state index < -0.39 is 4.92 Å². The first-order chi connectivity index (χ1) is 9.41. The lowest BCUT2D eigenvalue weighted by Crippen LogP contribution is -2.21. The number of nitro groups is 1. The molecule has 2 aromatic heterocycles. The minimum absolute atomic E-state index is 0.0537. The highest BCUT2D eigenvalue weighted by Gasteiger charge is 2.19. The van der Waals surface area contributed by atoms with Gasteiger partial charge in [-0.2, -0.15) is 0 Å². The van der Waals surface area contributed by atoms with Gasteiger partial charge >= 0.3 is 0 Å². The minimum atomic E-state index is -0.417. The lowest BCUT2D eigenvalue weighted by atomic mass is 10.1. The normalized spacial score (nSPS) is 10.6. The molecular weight excluding hydrogens is 326 g/mol. The maximum atomic E-state index is 11.9. The number of halogens is 1. The Morgan fingerprint density at radius 3 is 2.80 bits per heavy atom. The van der Waals surface area contributed by atoms with E-state index in [2.05, 4.69) is 20.9 Å². The number of rotatable bonds is 3. The second-order valence-electron chi connectivity index (χ2n) is 4.41. The molecule has 0 saturated carbocycles. The Bertz CT molecular complexity index is 740. The summed E-state index contributed by atoms with van der Waals surface area (Å²) in [5, 5.41) is 11.1. The summed E-state index contributed by atoms with van der Waals surface area (Å²) in [6.45, 7) is 3.49. The van der Waals surface area contributed by atoms with Crippen LogP contribution in [0, 0.1) is 24.0 Å². The largest absolute Gasteiger partial charge is 0.309 e. The van der Waals surface area contributed by atoms with Crippen LogP contribution in [-0.2, 0) is 6.54 Å². The fourth-order valence-electron chi connectivity index (χ4n) is 2.00. The molecule has 0 amide bonds. The number of hydrogen-bond acceptors (Lipinski definition) is 4. The van der Waals surface area contributed by atoms with Gasteiger partial charge in [-0.1, -0.05) is 0 Å². The Morgan fingerprint density at radius 1 is 1.45 bits per heavy atom. The van der Waals surface area contributed by atoms with Crippen LogP contribution in [0.1, 0.15) is 16.8 Å². The Labute approximate surface area is 123 Å². The van der Waals surface area contributed by atoms with Crippen LogP contribution >= 0.6 is 15.9 Å².